The molecule has 0 aromatic heterocycles. The number of benzene rings is 2. The van der Waals surface area contributed by atoms with E-state index in [-0.39, 0.29) is 34.0 Å². The fourth-order valence-electron chi connectivity index (χ4n) is 3.76. The van der Waals surface area contributed by atoms with Gasteiger partial charge in [0, 0.05) is 25.6 Å². The summed E-state index contributed by atoms with van der Waals surface area (Å²) < 4.78 is 53.1. The first-order valence-electron chi connectivity index (χ1n) is 10.2. The van der Waals surface area contributed by atoms with E-state index in [1.807, 2.05) is 0 Å². The predicted octanol–water partition coefficient (Wildman–Crippen LogP) is 5.90. The van der Waals surface area contributed by atoms with Crippen LogP contribution in [-0.4, -0.2) is 53.0 Å². The Kier molecular flexibility index (Phi) is 9.51. The zero-order chi connectivity index (χ0) is 26.4. The molecule has 0 bridgehead atoms. The van der Waals surface area contributed by atoms with Gasteiger partial charge in [0.15, 0.2) is 0 Å². The van der Waals surface area contributed by atoms with Gasteiger partial charge in [0.2, 0.25) is 5.91 Å². The van der Waals surface area contributed by atoms with Crippen molar-refractivity contribution in [3.8, 4) is 0 Å². The molecule has 1 N–H and O–H groups in total. The van der Waals surface area contributed by atoms with Crippen LogP contribution in [-0.2, 0) is 21.7 Å². The van der Waals surface area contributed by atoms with Gasteiger partial charge in [-0.05, 0) is 30.2 Å². The molecule has 190 valence electrons. The van der Waals surface area contributed by atoms with E-state index in [0.29, 0.717) is 6.29 Å². The highest BCUT2D eigenvalue weighted by atomic mass is 35.5. The average molecular weight is 537 g/mol. The number of nitrogens with zero attached hydrogens (tertiary/aromatic N) is 2. The van der Waals surface area contributed by atoms with E-state index in [1.165, 1.54) is 36.4 Å². The van der Waals surface area contributed by atoms with Gasteiger partial charge in [0.25, 0.3) is 0 Å². The number of aldehydes is 1. The minimum atomic E-state index is -4.79. The molecule has 0 saturated carbocycles. The lowest BCUT2D eigenvalue weighted by Crippen LogP contribution is -2.55. The number of carbonyl (C=O) groups is 3. The van der Waals surface area contributed by atoms with Gasteiger partial charge in [0.05, 0.1) is 22.1 Å². The minimum Gasteiger partial charge on any atom is -0.465 e. The van der Waals surface area contributed by atoms with Gasteiger partial charge in [-0.25, -0.2) is 9.18 Å². The lowest BCUT2D eigenvalue weighted by Gasteiger charge is -2.45. The van der Waals surface area contributed by atoms with Crippen LogP contribution >= 0.6 is 23.2 Å². The van der Waals surface area contributed by atoms with E-state index in [4.69, 9.17) is 23.2 Å². The third kappa shape index (κ3) is 7.32. The molecule has 6 nitrogen and oxygen atoms in total. The van der Waals surface area contributed by atoms with Crippen LogP contribution in [0.15, 0.2) is 42.5 Å². The molecule has 35 heavy (non-hydrogen) atoms. The molecule has 12 heteroatoms. The Hall–Kier alpha value is -2.85. The van der Waals surface area contributed by atoms with E-state index in [1.54, 1.807) is 0 Å². The van der Waals surface area contributed by atoms with Crippen LogP contribution < -0.4 is 0 Å². The maximum absolute atomic E-state index is 14.4. The molecule has 0 fully saturated rings. The van der Waals surface area contributed by atoms with Crippen molar-refractivity contribution in [1.29, 1.82) is 0 Å². The number of likely N-dealkylation sites (N-methyl/N-ethyl adjacent to an activating group) is 1. The number of rotatable bonds is 10. The van der Waals surface area contributed by atoms with Crippen LogP contribution in [0.2, 0.25) is 10.0 Å². The van der Waals surface area contributed by atoms with Crippen molar-refractivity contribution in [2.24, 2.45) is 0 Å². The summed E-state index contributed by atoms with van der Waals surface area (Å²) in [6, 6.07) is 9.45. The summed E-state index contributed by atoms with van der Waals surface area (Å²) in [5.74, 6) is -2.03. The zero-order valence-electron chi connectivity index (χ0n) is 18.5. The lowest BCUT2D eigenvalue weighted by molar-refractivity contribution is -0.161. The van der Waals surface area contributed by atoms with Gasteiger partial charge in [-0.2, -0.15) is 13.2 Å². The van der Waals surface area contributed by atoms with E-state index in [9.17, 15) is 37.1 Å². The third-order valence-electron chi connectivity index (χ3n) is 5.44. The molecule has 0 unspecified atom stereocenters. The largest absolute Gasteiger partial charge is 0.465 e. The van der Waals surface area contributed by atoms with Gasteiger partial charge in [0.1, 0.15) is 18.5 Å². The van der Waals surface area contributed by atoms with Crippen molar-refractivity contribution in [3.63, 3.8) is 0 Å². The van der Waals surface area contributed by atoms with Gasteiger partial charge in [-0.1, -0.05) is 47.5 Å². The Morgan fingerprint density at radius 3 is 2.29 bits per heavy atom. The minimum absolute atomic E-state index is 0.0140. The topological polar surface area (TPSA) is 77.9 Å². The highest BCUT2D eigenvalue weighted by Crippen LogP contribution is 2.39. The molecule has 0 aliphatic heterocycles. The number of carbonyl (C=O) groups excluding carboxylic acids is 2. The Bertz CT molecular complexity index is 1080. The molecule has 0 radical (unpaired) electrons. The number of carboxylic acid groups (broad SMARTS) is 1. The van der Waals surface area contributed by atoms with E-state index < -0.39 is 49.0 Å². The molecule has 0 aliphatic rings. The summed E-state index contributed by atoms with van der Waals surface area (Å²) in [7, 11) is 1.09. The molecule has 0 heterocycles. The molecule has 2 aromatic rings. The SMILES string of the molecule is CN(C[C@](CCC=O)(c1ccc(Cl)c(Cl)c1)N(Cc1ccccc1F)C(=O)O)C(=O)CC(F)(F)F. The van der Waals surface area contributed by atoms with Crippen molar-refractivity contribution < 1.29 is 37.1 Å². The summed E-state index contributed by atoms with van der Waals surface area (Å²) in [4.78, 5) is 37.7. The molecule has 2 aromatic carbocycles. The molecule has 2 amide bonds. The Morgan fingerprint density at radius 2 is 1.74 bits per heavy atom. The van der Waals surface area contributed by atoms with Crippen LogP contribution in [0.5, 0.6) is 0 Å². The second-order valence-electron chi connectivity index (χ2n) is 7.87. The fraction of sp³-hybridized carbons (Fsp3) is 0.348. The molecular formula is C23H22Cl2F4N2O4. The van der Waals surface area contributed by atoms with Crippen molar-refractivity contribution >= 4 is 41.5 Å². The monoisotopic (exact) mass is 536 g/mol. The van der Waals surface area contributed by atoms with Crippen LogP contribution in [0.4, 0.5) is 22.4 Å². The van der Waals surface area contributed by atoms with E-state index in [2.05, 4.69) is 0 Å². The summed E-state index contributed by atoms with van der Waals surface area (Å²) in [5, 5.41) is 10.3. The van der Waals surface area contributed by atoms with E-state index in [0.717, 1.165) is 22.9 Å². The van der Waals surface area contributed by atoms with Crippen molar-refractivity contribution in [1.82, 2.24) is 9.80 Å². The Labute approximate surface area is 209 Å². The molecule has 2 rings (SSSR count). The Morgan fingerprint density at radius 1 is 1.09 bits per heavy atom. The first kappa shape index (κ1) is 28.4. The number of alkyl halides is 3. The number of hydrogen-bond acceptors (Lipinski definition) is 3. The second kappa shape index (κ2) is 11.7. The summed E-state index contributed by atoms with van der Waals surface area (Å²) in [5.41, 5.74) is -1.63. The van der Waals surface area contributed by atoms with Crippen LogP contribution in [0.25, 0.3) is 0 Å². The highest BCUT2D eigenvalue weighted by Gasteiger charge is 2.44. The molecule has 0 saturated heterocycles. The first-order valence-corrected chi connectivity index (χ1v) is 11.0. The van der Waals surface area contributed by atoms with E-state index >= 15 is 0 Å². The number of halogens is 6. The quantitative estimate of drug-likeness (QED) is 0.303. The smallest absolute Gasteiger partial charge is 0.408 e. The molecule has 0 spiro atoms. The maximum atomic E-state index is 14.4. The van der Waals surface area contributed by atoms with Crippen LogP contribution in [0.1, 0.15) is 30.4 Å². The van der Waals surface area contributed by atoms with Crippen LogP contribution in [0, 0.1) is 5.82 Å². The second-order valence-corrected chi connectivity index (χ2v) is 8.68. The van der Waals surface area contributed by atoms with Crippen molar-refractivity contribution in [2.75, 3.05) is 13.6 Å². The molecule has 0 aliphatic carbocycles. The summed E-state index contributed by atoms with van der Waals surface area (Å²) >= 11 is 12.2. The Balaban J connectivity index is 2.71. The summed E-state index contributed by atoms with van der Waals surface area (Å²) in [6.07, 6.45) is -8.06. The first-order chi connectivity index (χ1) is 16.3. The van der Waals surface area contributed by atoms with Crippen molar-refractivity contribution in [3.05, 3.63) is 69.5 Å². The fourth-order valence-corrected chi connectivity index (χ4v) is 4.06. The zero-order valence-corrected chi connectivity index (χ0v) is 20.0. The number of amides is 2. The van der Waals surface area contributed by atoms with Gasteiger partial charge in [-0.3, -0.25) is 9.69 Å². The third-order valence-corrected chi connectivity index (χ3v) is 6.18. The average Bonchev–Trinajstić information content (AvgIpc) is 2.76. The van der Waals surface area contributed by atoms with Crippen molar-refractivity contribution in [2.45, 2.75) is 37.5 Å². The van der Waals surface area contributed by atoms with Crippen LogP contribution in [0.3, 0.4) is 0 Å². The van der Waals surface area contributed by atoms with Gasteiger partial charge in [-0.15, -0.1) is 0 Å². The highest BCUT2D eigenvalue weighted by molar-refractivity contribution is 6.42. The molecular weight excluding hydrogens is 515 g/mol. The maximum Gasteiger partial charge on any atom is 0.408 e. The lowest BCUT2D eigenvalue weighted by atomic mass is 9.82. The van der Waals surface area contributed by atoms with Gasteiger partial charge < -0.3 is 14.8 Å². The van der Waals surface area contributed by atoms with Gasteiger partial charge >= 0.3 is 12.3 Å². The molecule has 1 atom stereocenters. The normalized spacial score (nSPS) is 13.1. The standard InChI is InChI=1S/C23H22Cl2F4N2O4/c1-30(20(33)12-23(27,28)29)14-22(9-4-10-32,16-7-8-17(24)18(25)11-16)31(21(34)35)13-15-5-2-3-6-19(15)26/h2-3,5-8,10-11H,4,9,12-14H2,1H3,(H,34,35)/t22-/m1/s1. The summed E-state index contributed by atoms with van der Waals surface area (Å²) in [6.45, 7) is -1.10. The number of hydrogen-bond donors (Lipinski definition) is 1. The predicted molar refractivity (Wildman–Crippen MR) is 122 cm³/mol.